The molecule has 0 amide bonds. The SMILES string of the molecule is Fc1nccc(Cl)c1[B-](F)(F)F. The van der Waals surface area contributed by atoms with Crippen molar-refractivity contribution in [2.75, 3.05) is 0 Å². The molecule has 1 aromatic heterocycles. The van der Waals surface area contributed by atoms with Crippen LogP contribution in [0.5, 0.6) is 0 Å². The molecule has 0 unspecified atom stereocenters. The molecule has 0 saturated carbocycles. The van der Waals surface area contributed by atoms with Gasteiger partial charge in [0.25, 0.3) is 0 Å². The van der Waals surface area contributed by atoms with Crippen LogP contribution in [0.15, 0.2) is 12.3 Å². The van der Waals surface area contributed by atoms with E-state index in [1.807, 2.05) is 0 Å². The summed E-state index contributed by atoms with van der Waals surface area (Å²) in [5.41, 5.74) is -1.46. The van der Waals surface area contributed by atoms with E-state index in [0.717, 1.165) is 12.3 Å². The molecular formula is C5H2BClF4N-. The zero-order valence-corrected chi connectivity index (χ0v) is 6.33. The van der Waals surface area contributed by atoms with Crippen molar-refractivity contribution < 1.29 is 17.3 Å². The van der Waals surface area contributed by atoms with Crippen LogP contribution in [0.25, 0.3) is 0 Å². The number of hydrogen-bond acceptors (Lipinski definition) is 1. The highest BCUT2D eigenvalue weighted by Crippen LogP contribution is 2.16. The van der Waals surface area contributed by atoms with Crippen molar-refractivity contribution in [1.29, 1.82) is 0 Å². The average Bonchev–Trinajstić information content (AvgIpc) is 1.82. The zero-order chi connectivity index (χ0) is 9.35. The van der Waals surface area contributed by atoms with Gasteiger partial charge in [0.05, 0.1) is 0 Å². The Hall–Kier alpha value is -0.775. The molecular weight excluding hydrogens is 196 g/mol. The summed E-state index contributed by atoms with van der Waals surface area (Å²) in [5, 5.41) is -0.657. The van der Waals surface area contributed by atoms with Gasteiger partial charge in [-0.1, -0.05) is 11.6 Å². The quantitative estimate of drug-likeness (QED) is 0.382. The maximum atomic E-state index is 12.4. The van der Waals surface area contributed by atoms with Gasteiger partial charge in [-0.05, 0) is 11.5 Å². The van der Waals surface area contributed by atoms with Gasteiger partial charge >= 0.3 is 6.98 Å². The van der Waals surface area contributed by atoms with Crippen LogP contribution in [0.1, 0.15) is 0 Å². The van der Waals surface area contributed by atoms with Gasteiger partial charge < -0.3 is 12.9 Å². The molecule has 0 fully saturated rings. The lowest BCUT2D eigenvalue weighted by atomic mass is 9.81. The molecule has 1 nitrogen and oxygen atoms in total. The smallest absolute Gasteiger partial charge is 0.445 e. The van der Waals surface area contributed by atoms with Crippen LogP contribution in [0.3, 0.4) is 0 Å². The van der Waals surface area contributed by atoms with Crippen LogP contribution in [0.2, 0.25) is 5.02 Å². The van der Waals surface area contributed by atoms with Crippen molar-refractivity contribution in [2.45, 2.75) is 0 Å². The molecule has 66 valence electrons. The number of nitrogens with zero attached hydrogens (tertiary/aromatic N) is 1. The fourth-order valence-electron chi connectivity index (χ4n) is 0.717. The summed E-state index contributed by atoms with van der Waals surface area (Å²) in [5.74, 6) is -1.57. The first-order valence-corrected chi connectivity index (χ1v) is 3.30. The Labute approximate surface area is 70.4 Å². The van der Waals surface area contributed by atoms with E-state index in [9.17, 15) is 17.3 Å². The van der Waals surface area contributed by atoms with E-state index in [2.05, 4.69) is 4.98 Å². The lowest BCUT2D eigenvalue weighted by Gasteiger charge is -2.15. The maximum absolute atomic E-state index is 12.4. The molecule has 1 aromatic rings. The van der Waals surface area contributed by atoms with Gasteiger partial charge in [0.2, 0.25) is 0 Å². The standard InChI is InChI=1S/C5H2BClF4N/c7-3-1-2-12-5(8)4(3)6(9,10)11/h1-2H/q-1. The summed E-state index contributed by atoms with van der Waals surface area (Å²) in [6.07, 6.45) is 0.878. The fraction of sp³-hybridized carbons (Fsp3) is 0. The van der Waals surface area contributed by atoms with Crippen molar-refractivity contribution in [3.05, 3.63) is 23.2 Å². The Morgan fingerprint density at radius 1 is 1.33 bits per heavy atom. The van der Waals surface area contributed by atoms with Gasteiger partial charge in [0, 0.05) is 11.2 Å². The van der Waals surface area contributed by atoms with Crippen molar-refractivity contribution in [2.24, 2.45) is 0 Å². The number of pyridine rings is 1. The molecule has 0 saturated heterocycles. The summed E-state index contributed by atoms with van der Waals surface area (Å²) in [6, 6.07) is 0.898. The van der Waals surface area contributed by atoms with Crippen molar-refractivity contribution in [1.82, 2.24) is 4.98 Å². The third-order valence-corrected chi connectivity index (χ3v) is 1.55. The first kappa shape index (κ1) is 9.31. The van der Waals surface area contributed by atoms with Gasteiger partial charge in [-0.3, -0.25) is 0 Å². The van der Waals surface area contributed by atoms with E-state index in [-0.39, 0.29) is 0 Å². The van der Waals surface area contributed by atoms with E-state index in [0.29, 0.717) is 0 Å². The Balaban J connectivity index is 3.31. The summed E-state index contributed by atoms with van der Waals surface area (Å²) in [6.45, 7) is -5.42. The Morgan fingerprint density at radius 2 is 1.92 bits per heavy atom. The van der Waals surface area contributed by atoms with Gasteiger partial charge in [0.1, 0.15) is 0 Å². The van der Waals surface area contributed by atoms with Crippen molar-refractivity contribution in [3.8, 4) is 0 Å². The highest BCUT2D eigenvalue weighted by atomic mass is 35.5. The Bertz CT molecular complexity index is 280. The van der Waals surface area contributed by atoms with Crippen LogP contribution in [0.4, 0.5) is 17.3 Å². The molecule has 0 N–H and O–H groups in total. The lowest BCUT2D eigenvalue weighted by molar-refractivity contribution is 0.490. The van der Waals surface area contributed by atoms with E-state index in [1.165, 1.54) is 0 Å². The molecule has 0 aromatic carbocycles. The number of rotatable bonds is 1. The minimum atomic E-state index is -5.42. The first-order valence-electron chi connectivity index (χ1n) is 2.93. The summed E-state index contributed by atoms with van der Waals surface area (Å²) < 4.78 is 48.5. The second-order valence-corrected chi connectivity index (χ2v) is 2.48. The highest BCUT2D eigenvalue weighted by Gasteiger charge is 2.32. The third-order valence-electron chi connectivity index (χ3n) is 1.22. The summed E-state index contributed by atoms with van der Waals surface area (Å²) in [7, 11) is 0. The zero-order valence-electron chi connectivity index (χ0n) is 5.57. The van der Waals surface area contributed by atoms with Gasteiger partial charge in [-0.15, -0.1) is 0 Å². The molecule has 1 rings (SSSR count). The molecule has 7 heteroatoms. The van der Waals surface area contributed by atoms with Crippen LogP contribution >= 0.6 is 11.6 Å². The highest BCUT2D eigenvalue weighted by molar-refractivity contribution is 6.75. The third kappa shape index (κ3) is 1.69. The monoisotopic (exact) mass is 198 g/mol. The fourth-order valence-corrected chi connectivity index (χ4v) is 0.975. The summed E-state index contributed by atoms with van der Waals surface area (Å²) in [4.78, 5) is 2.85. The van der Waals surface area contributed by atoms with Crippen LogP contribution < -0.4 is 5.46 Å². The number of aromatic nitrogens is 1. The van der Waals surface area contributed by atoms with E-state index in [4.69, 9.17) is 11.6 Å². The molecule has 1 heterocycles. The average molecular weight is 198 g/mol. The Morgan fingerprint density at radius 3 is 2.25 bits per heavy atom. The second-order valence-electron chi connectivity index (χ2n) is 2.07. The van der Waals surface area contributed by atoms with E-state index in [1.54, 1.807) is 0 Å². The molecule has 12 heavy (non-hydrogen) atoms. The molecule has 0 aliphatic rings. The maximum Gasteiger partial charge on any atom is 0.515 e. The normalized spacial score (nSPS) is 11.8. The van der Waals surface area contributed by atoms with Gasteiger partial charge in [-0.25, -0.2) is 4.98 Å². The Kier molecular flexibility index (Phi) is 2.28. The van der Waals surface area contributed by atoms with Crippen molar-refractivity contribution in [3.63, 3.8) is 0 Å². The molecule has 0 aliphatic carbocycles. The molecule has 0 atom stereocenters. The predicted octanol–water partition coefficient (Wildman–Crippen LogP) is 1.93. The summed E-state index contributed by atoms with van der Waals surface area (Å²) >= 11 is 5.13. The van der Waals surface area contributed by atoms with E-state index < -0.39 is 23.4 Å². The van der Waals surface area contributed by atoms with Crippen LogP contribution in [0, 0.1) is 5.95 Å². The molecule has 0 aliphatic heterocycles. The van der Waals surface area contributed by atoms with Crippen LogP contribution in [-0.4, -0.2) is 12.0 Å². The topological polar surface area (TPSA) is 12.9 Å². The molecule has 0 bridgehead atoms. The lowest BCUT2D eigenvalue weighted by Crippen LogP contribution is -2.38. The van der Waals surface area contributed by atoms with Crippen molar-refractivity contribution >= 4 is 24.0 Å². The van der Waals surface area contributed by atoms with Crippen LogP contribution in [-0.2, 0) is 0 Å². The minimum Gasteiger partial charge on any atom is -0.445 e. The largest absolute Gasteiger partial charge is 0.515 e. The van der Waals surface area contributed by atoms with E-state index >= 15 is 0 Å². The van der Waals surface area contributed by atoms with Gasteiger partial charge in [0.15, 0.2) is 5.95 Å². The minimum absolute atomic E-state index is 0.657. The van der Waals surface area contributed by atoms with Gasteiger partial charge in [-0.2, -0.15) is 4.39 Å². The molecule has 0 spiro atoms. The molecule has 0 radical (unpaired) electrons. The number of halogens is 5. The first-order chi connectivity index (χ1) is 5.43. The number of hydrogen-bond donors (Lipinski definition) is 0. The predicted molar refractivity (Wildman–Crippen MR) is 37.9 cm³/mol. The second kappa shape index (κ2) is 2.93.